The van der Waals surface area contributed by atoms with E-state index in [2.05, 4.69) is 5.32 Å². The molecule has 1 amide bonds. The number of nitrogens with zero attached hydrogens (tertiary/aromatic N) is 1. The smallest absolute Gasteiger partial charge is 0.283 e. The Kier molecular flexibility index (Phi) is 3.24. The maximum atomic E-state index is 11.3. The van der Waals surface area contributed by atoms with E-state index < -0.39 is 11.5 Å². The van der Waals surface area contributed by atoms with E-state index in [1.54, 1.807) is 0 Å². The lowest BCUT2D eigenvalue weighted by Crippen LogP contribution is -2.33. The van der Waals surface area contributed by atoms with Crippen molar-refractivity contribution in [1.29, 1.82) is 0 Å². The molecule has 0 aliphatic carbocycles. The number of nitrogens with one attached hydrogen (secondary N) is 1. The van der Waals surface area contributed by atoms with Crippen molar-refractivity contribution in [3.63, 3.8) is 0 Å². The number of hydrogen-bond donors (Lipinski definition) is 3. The number of carbonyl (C=O) groups is 1. The van der Waals surface area contributed by atoms with Crippen LogP contribution in [0.25, 0.3) is 0 Å². The van der Waals surface area contributed by atoms with Crippen LogP contribution in [-0.4, -0.2) is 28.9 Å². The van der Waals surface area contributed by atoms with Crippen LogP contribution in [0.5, 0.6) is 0 Å². The van der Waals surface area contributed by atoms with Crippen LogP contribution in [0.4, 0.5) is 0 Å². The minimum Gasteiger partial charge on any atom is -0.425 e. The van der Waals surface area contributed by atoms with Gasteiger partial charge in [-0.3, -0.25) is 9.59 Å². The van der Waals surface area contributed by atoms with Gasteiger partial charge in [-0.2, -0.15) is 0 Å². The number of pyridine rings is 1. The molecule has 4 N–H and O–H groups in total. The lowest BCUT2D eigenvalue weighted by Gasteiger charge is -2.05. The highest BCUT2D eigenvalue weighted by Crippen LogP contribution is 1.92. The lowest BCUT2D eigenvalue weighted by atomic mass is 10.3. The molecule has 76 valence electrons. The third kappa shape index (κ3) is 2.11. The van der Waals surface area contributed by atoms with E-state index >= 15 is 0 Å². The Labute approximate surface area is 79.9 Å². The first kappa shape index (κ1) is 10.3. The monoisotopic (exact) mass is 197 g/mol. The molecule has 0 aliphatic rings. The summed E-state index contributed by atoms with van der Waals surface area (Å²) in [7, 11) is 0. The third-order valence-electron chi connectivity index (χ3n) is 1.59. The highest BCUT2D eigenvalue weighted by Gasteiger charge is 2.09. The summed E-state index contributed by atoms with van der Waals surface area (Å²) in [5.74, 6) is -0.532. The Morgan fingerprint density at radius 3 is 2.93 bits per heavy atom. The molecule has 1 rings (SSSR count). The molecule has 0 atom stereocenters. The van der Waals surface area contributed by atoms with Crippen LogP contribution < -0.4 is 16.6 Å². The van der Waals surface area contributed by atoms with E-state index in [0.717, 1.165) is 6.07 Å². The summed E-state index contributed by atoms with van der Waals surface area (Å²) < 4.78 is 0.297. The van der Waals surface area contributed by atoms with E-state index in [4.69, 9.17) is 5.73 Å². The number of hydrogen-bond acceptors (Lipinski definition) is 4. The van der Waals surface area contributed by atoms with E-state index in [-0.39, 0.29) is 5.69 Å². The van der Waals surface area contributed by atoms with Gasteiger partial charge in [0.15, 0.2) is 0 Å². The molecule has 1 heterocycles. The maximum absolute atomic E-state index is 11.3. The van der Waals surface area contributed by atoms with Crippen molar-refractivity contribution in [2.75, 3.05) is 13.1 Å². The second-order valence-electron chi connectivity index (χ2n) is 2.61. The molecule has 0 fully saturated rings. The predicted octanol–water partition coefficient (Wildman–Crippen LogP) is -1.23. The second-order valence-corrected chi connectivity index (χ2v) is 2.61. The molecule has 6 nitrogen and oxygen atoms in total. The molecule has 0 aliphatic heterocycles. The van der Waals surface area contributed by atoms with Crippen molar-refractivity contribution in [3.8, 4) is 0 Å². The average molecular weight is 197 g/mol. The van der Waals surface area contributed by atoms with Gasteiger partial charge in [-0.1, -0.05) is 6.07 Å². The van der Waals surface area contributed by atoms with Crippen LogP contribution in [0.15, 0.2) is 23.0 Å². The molecule has 0 saturated heterocycles. The van der Waals surface area contributed by atoms with Crippen LogP contribution >= 0.6 is 0 Å². The van der Waals surface area contributed by atoms with Crippen molar-refractivity contribution < 1.29 is 10.0 Å². The van der Waals surface area contributed by atoms with Gasteiger partial charge in [0.25, 0.3) is 11.5 Å². The van der Waals surface area contributed by atoms with Crippen molar-refractivity contribution in [2.45, 2.75) is 0 Å². The molecular formula is C8H11N3O3. The van der Waals surface area contributed by atoms with Crippen molar-refractivity contribution >= 4 is 5.91 Å². The summed E-state index contributed by atoms with van der Waals surface area (Å²) in [6, 6.07) is 3.89. The van der Waals surface area contributed by atoms with Gasteiger partial charge in [-0.25, -0.2) is 0 Å². The SMILES string of the molecule is NCCNC(=O)c1cccc(=O)n1O. The van der Waals surface area contributed by atoms with Gasteiger partial charge in [0.2, 0.25) is 0 Å². The quantitative estimate of drug-likeness (QED) is 0.529. The molecule has 0 bridgehead atoms. The summed E-state index contributed by atoms with van der Waals surface area (Å²) in [6.07, 6.45) is 0. The van der Waals surface area contributed by atoms with E-state index in [0.29, 0.717) is 17.8 Å². The van der Waals surface area contributed by atoms with Crippen molar-refractivity contribution in [1.82, 2.24) is 10.0 Å². The maximum Gasteiger partial charge on any atom is 0.283 e. The van der Waals surface area contributed by atoms with E-state index in [1.165, 1.54) is 12.1 Å². The largest absolute Gasteiger partial charge is 0.425 e. The van der Waals surface area contributed by atoms with Crippen LogP contribution in [0.3, 0.4) is 0 Å². The van der Waals surface area contributed by atoms with E-state index in [1.807, 2.05) is 0 Å². The standard InChI is InChI=1S/C8H11N3O3/c9-4-5-10-8(13)6-2-1-3-7(12)11(6)14/h1-3,14H,4-5,9H2,(H,10,13). The molecule has 1 aromatic rings. The van der Waals surface area contributed by atoms with Crippen LogP contribution in [0, 0.1) is 0 Å². The van der Waals surface area contributed by atoms with Crippen LogP contribution in [-0.2, 0) is 0 Å². The first-order chi connectivity index (χ1) is 6.66. The van der Waals surface area contributed by atoms with Gasteiger partial charge < -0.3 is 16.3 Å². The predicted molar refractivity (Wildman–Crippen MR) is 49.3 cm³/mol. The fraction of sp³-hybridized carbons (Fsp3) is 0.250. The first-order valence-electron chi connectivity index (χ1n) is 4.06. The van der Waals surface area contributed by atoms with Gasteiger partial charge in [0.1, 0.15) is 5.69 Å². The number of rotatable bonds is 3. The number of aromatic nitrogens is 1. The van der Waals surface area contributed by atoms with Crippen molar-refractivity contribution in [3.05, 3.63) is 34.2 Å². The zero-order chi connectivity index (χ0) is 10.6. The molecule has 1 aromatic heterocycles. The fourth-order valence-electron chi connectivity index (χ4n) is 0.930. The van der Waals surface area contributed by atoms with Gasteiger partial charge in [0.05, 0.1) is 0 Å². The fourth-order valence-corrected chi connectivity index (χ4v) is 0.930. The normalized spacial score (nSPS) is 9.79. The van der Waals surface area contributed by atoms with Gasteiger partial charge in [-0.05, 0) is 6.07 Å². The van der Waals surface area contributed by atoms with Crippen LogP contribution in [0.1, 0.15) is 10.5 Å². The number of nitrogens with two attached hydrogens (primary N) is 1. The Hall–Kier alpha value is -1.82. The molecule has 14 heavy (non-hydrogen) atoms. The second kappa shape index (κ2) is 4.43. The molecule has 0 saturated carbocycles. The van der Waals surface area contributed by atoms with Gasteiger partial charge >= 0.3 is 0 Å². The Bertz CT molecular complexity index is 386. The first-order valence-corrected chi connectivity index (χ1v) is 4.06. The summed E-state index contributed by atoms with van der Waals surface area (Å²) in [5, 5.41) is 11.6. The summed E-state index contributed by atoms with van der Waals surface area (Å²) in [6.45, 7) is 0.593. The molecule has 6 heteroatoms. The Morgan fingerprint density at radius 2 is 2.29 bits per heavy atom. The molecular weight excluding hydrogens is 186 g/mol. The highest BCUT2D eigenvalue weighted by molar-refractivity contribution is 5.92. The summed E-state index contributed by atoms with van der Waals surface area (Å²) in [5.41, 5.74) is 4.42. The lowest BCUT2D eigenvalue weighted by molar-refractivity contribution is 0.0893. The average Bonchev–Trinajstić information content (AvgIpc) is 2.18. The minimum atomic E-state index is -0.648. The minimum absolute atomic E-state index is 0.106. The molecule has 0 aromatic carbocycles. The topological polar surface area (TPSA) is 97.4 Å². The molecule has 0 radical (unpaired) electrons. The molecule has 0 spiro atoms. The zero-order valence-electron chi connectivity index (χ0n) is 7.43. The highest BCUT2D eigenvalue weighted by atomic mass is 16.5. The Balaban J connectivity index is 2.90. The number of amides is 1. The summed E-state index contributed by atoms with van der Waals surface area (Å²) >= 11 is 0. The van der Waals surface area contributed by atoms with E-state index in [9.17, 15) is 14.8 Å². The third-order valence-corrected chi connectivity index (χ3v) is 1.59. The van der Waals surface area contributed by atoms with Crippen LogP contribution in [0.2, 0.25) is 0 Å². The summed E-state index contributed by atoms with van der Waals surface area (Å²) in [4.78, 5) is 22.2. The Morgan fingerprint density at radius 1 is 1.57 bits per heavy atom. The van der Waals surface area contributed by atoms with Crippen molar-refractivity contribution in [2.24, 2.45) is 5.73 Å². The van der Waals surface area contributed by atoms with Gasteiger partial charge in [-0.15, -0.1) is 4.73 Å². The zero-order valence-corrected chi connectivity index (χ0v) is 7.43. The molecule has 0 unspecified atom stereocenters. The number of carbonyl (C=O) groups excluding carboxylic acids is 1. The van der Waals surface area contributed by atoms with Gasteiger partial charge in [0, 0.05) is 19.2 Å².